The Morgan fingerprint density at radius 1 is 1.07 bits per heavy atom. The summed E-state index contributed by atoms with van der Waals surface area (Å²) in [6, 6.07) is 8.62. The number of hydrogen-bond donors (Lipinski definition) is 0. The average Bonchev–Trinajstić information content (AvgIpc) is 2.74. The van der Waals surface area contributed by atoms with E-state index in [1.54, 1.807) is 24.3 Å². The van der Waals surface area contributed by atoms with E-state index >= 15 is 0 Å². The fourth-order valence-corrected chi connectivity index (χ4v) is 4.65. The summed E-state index contributed by atoms with van der Waals surface area (Å²) in [7, 11) is 0.344. The van der Waals surface area contributed by atoms with Gasteiger partial charge in [-0.1, -0.05) is 13.3 Å². The van der Waals surface area contributed by atoms with E-state index in [0.29, 0.717) is 49.4 Å². The number of aromatic nitrogens is 2. The highest BCUT2D eigenvalue weighted by Gasteiger charge is 2.29. The first kappa shape index (κ1) is 22.3. The number of anilines is 2. The molecule has 0 atom stereocenters. The molecule has 0 aliphatic carbocycles. The van der Waals surface area contributed by atoms with Crippen LogP contribution in [0.2, 0.25) is 0 Å². The number of benzene rings is 1. The van der Waals surface area contributed by atoms with E-state index in [1.807, 2.05) is 36.9 Å². The fraction of sp³-hybridized carbons (Fsp3) is 0.524. The van der Waals surface area contributed by atoms with Crippen molar-refractivity contribution < 1.29 is 13.2 Å². The zero-order chi connectivity index (χ0) is 21.7. The van der Waals surface area contributed by atoms with E-state index in [2.05, 4.69) is 16.9 Å². The third-order valence-corrected chi connectivity index (χ3v) is 6.95. The molecule has 1 saturated heterocycles. The largest absolute Gasteiger partial charge is 0.494 e. The summed E-state index contributed by atoms with van der Waals surface area (Å²) in [6.07, 6.45) is 2.04. The van der Waals surface area contributed by atoms with Crippen LogP contribution < -0.4 is 14.5 Å². The van der Waals surface area contributed by atoms with Crippen molar-refractivity contribution in [2.45, 2.75) is 31.6 Å². The highest BCUT2D eigenvalue weighted by molar-refractivity contribution is 7.89. The number of piperazine rings is 1. The number of sulfonamides is 1. The van der Waals surface area contributed by atoms with Crippen molar-refractivity contribution in [3.05, 3.63) is 36.0 Å². The Balaban J connectivity index is 1.65. The predicted octanol–water partition coefficient (Wildman–Crippen LogP) is 2.54. The Bertz CT molecular complexity index is 940. The van der Waals surface area contributed by atoms with Crippen molar-refractivity contribution in [3.8, 4) is 5.75 Å². The van der Waals surface area contributed by atoms with E-state index in [9.17, 15) is 8.42 Å². The second-order valence-electron chi connectivity index (χ2n) is 7.63. The van der Waals surface area contributed by atoms with Gasteiger partial charge >= 0.3 is 0 Å². The molecule has 1 aliphatic rings. The van der Waals surface area contributed by atoms with Crippen molar-refractivity contribution in [1.29, 1.82) is 0 Å². The van der Waals surface area contributed by atoms with Crippen LogP contribution in [0.3, 0.4) is 0 Å². The molecule has 0 unspecified atom stereocenters. The van der Waals surface area contributed by atoms with Crippen LogP contribution in [-0.4, -0.2) is 69.6 Å². The maximum absolute atomic E-state index is 13.0. The molecule has 0 saturated carbocycles. The van der Waals surface area contributed by atoms with Crippen molar-refractivity contribution in [2.24, 2.45) is 0 Å². The van der Waals surface area contributed by atoms with Gasteiger partial charge in [0.25, 0.3) is 0 Å². The number of hydrogen-bond acceptors (Lipinski definition) is 7. The van der Waals surface area contributed by atoms with E-state index in [-0.39, 0.29) is 0 Å². The molecule has 0 radical (unpaired) electrons. The van der Waals surface area contributed by atoms with Gasteiger partial charge in [0.2, 0.25) is 16.0 Å². The number of aryl methyl sites for hydroxylation is 1. The Hall–Kier alpha value is -2.39. The summed E-state index contributed by atoms with van der Waals surface area (Å²) in [6.45, 7) is 6.57. The standard InChI is InChI=1S/C21H31N5O3S/c1-5-6-15-29-18-7-9-19(10-8-18)30(27,28)26-13-11-25(12-14-26)21-22-17(2)16-20(23-21)24(3)4/h7-10,16H,5-6,11-15H2,1-4H3. The maximum atomic E-state index is 13.0. The van der Waals surface area contributed by atoms with Gasteiger partial charge in [-0.3, -0.25) is 0 Å². The van der Waals surface area contributed by atoms with E-state index in [4.69, 9.17) is 4.74 Å². The van der Waals surface area contributed by atoms with Gasteiger partial charge in [0.05, 0.1) is 11.5 Å². The van der Waals surface area contributed by atoms with E-state index in [1.165, 1.54) is 4.31 Å². The molecular formula is C21H31N5O3S. The van der Waals surface area contributed by atoms with Gasteiger partial charge in [0.1, 0.15) is 11.6 Å². The maximum Gasteiger partial charge on any atom is 0.243 e. The van der Waals surface area contributed by atoms with Gasteiger partial charge in [-0.15, -0.1) is 0 Å². The molecule has 1 aromatic heterocycles. The molecule has 0 N–H and O–H groups in total. The Kier molecular flexibility index (Phi) is 7.14. The fourth-order valence-electron chi connectivity index (χ4n) is 3.23. The van der Waals surface area contributed by atoms with Crippen LogP contribution in [0.1, 0.15) is 25.5 Å². The van der Waals surface area contributed by atoms with Gasteiger partial charge in [-0.2, -0.15) is 9.29 Å². The minimum Gasteiger partial charge on any atom is -0.494 e. The Labute approximate surface area is 179 Å². The molecule has 2 aromatic rings. The highest BCUT2D eigenvalue weighted by Crippen LogP contribution is 2.23. The molecule has 9 heteroatoms. The third kappa shape index (κ3) is 5.20. The lowest BCUT2D eigenvalue weighted by Crippen LogP contribution is -2.49. The van der Waals surface area contributed by atoms with Crippen molar-refractivity contribution in [1.82, 2.24) is 14.3 Å². The minimum absolute atomic E-state index is 0.292. The number of nitrogens with zero attached hydrogens (tertiary/aromatic N) is 5. The lowest BCUT2D eigenvalue weighted by molar-refractivity contribution is 0.309. The molecule has 8 nitrogen and oxygen atoms in total. The zero-order valence-electron chi connectivity index (χ0n) is 18.2. The molecular weight excluding hydrogens is 402 g/mol. The van der Waals surface area contributed by atoms with Crippen molar-refractivity contribution >= 4 is 21.8 Å². The topological polar surface area (TPSA) is 78.9 Å². The second kappa shape index (κ2) is 9.61. The normalized spacial score (nSPS) is 15.3. The van der Waals surface area contributed by atoms with E-state index < -0.39 is 10.0 Å². The van der Waals surface area contributed by atoms with Crippen LogP contribution in [0.5, 0.6) is 5.75 Å². The molecule has 1 fully saturated rings. The average molecular weight is 434 g/mol. The van der Waals surface area contributed by atoms with Crippen molar-refractivity contribution in [3.63, 3.8) is 0 Å². The molecule has 164 valence electrons. The first-order valence-corrected chi connectivity index (χ1v) is 11.8. The van der Waals surface area contributed by atoms with Crippen LogP contribution in [0.15, 0.2) is 35.2 Å². The van der Waals surface area contributed by atoms with Crippen LogP contribution in [0.25, 0.3) is 0 Å². The Morgan fingerprint density at radius 3 is 2.33 bits per heavy atom. The number of ether oxygens (including phenoxy) is 1. The molecule has 0 amide bonds. The SMILES string of the molecule is CCCCOc1ccc(S(=O)(=O)N2CCN(c3nc(C)cc(N(C)C)n3)CC2)cc1. The van der Waals surface area contributed by atoms with Crippen LogP contribution in [0, 0.1) is 6.92 Å². The van der Waals surface area contributed by atoms with Crippen LogP contribution in [-0.2, 0) is 10.0 Å². The molecule has 0 bridgehead atoms. The Morgan fingerprint density at radius 2 is 1.73 bits per heavy atom. The van der Waals surface area contributed by atoms with Crippen molar-refractivity contribution in [2.75, 3.05) is 56.7 Å². The molecule has 2 heterocycles. The van der Waals surface area contributed by atoms with Gasteiger partial charge in [0, 0.05) is 52.0 Å². The molecule has 30 heavy (non-hydrogen) atoms. The molecule has 1 aromatic carbocycles. The van der Waals surface area contributed by atoms with Gasteiger partial charge in [-0.25, -0.2) is 13.4 Å². The predicted molar refractivity (Wildman–Crippen MR) is 119 cm³/mol. The molecule has 0 spiro atoms. The smallest absolute Gasteiger partial charge is 0.243 e. The minimum atomic E-state index is -3.54. The molecule has 3 rings (SSSR count). The van der Waals surface area contributed by atoms with Crippen LogP contribution >= 0.6 is 0 Å². The highest BCUT2D eigenvalue weighted by atomic mass is 32.2. The monoisotopic (exact) mass is 433 g/mol. The van der Waals surface area contributed by atoms with Gasteiger partial charge < -0.3 is 14.5 Å². The first-order valence-electron chi connectivity index (χ1n) is 10.3. The first-order chi connectivity index (χ1) is 14.3. The summed E-state index contributed by atoms with van der Waals surface area (Å²) in [5.41, 5.74) is 0.889. The van der Waals surface area contributed by atoms with Gasteiger partial charge in [-0.05, 0) is 37.6 Å². The lowest BCUT2D eigenvalue weighted by Gasteiger charge is -2.34. The zero-order valence-corrected chi connectivity index (χ0v) is 19.0. The summed E-state index contributed by atoms with van der Waals surface area (Å²) >= 11 is 0. The quantitative estimate of drug-likeness (QED) is 0.592. The third-order valence-electron chi connectivity index (χ3n) is 5.04. The van der Waals surface area contributed by atoms with E-state index in [0.717, 1.165) is 24.4 Å². The molecule has 1 aliphatic heterocycles. The second-order valence-corrected chi connectivity index (χ2v) is 9.56. The summed E-state index contributed by atoms with van der Waals surface area (Å²) in [5.74, 6) is 2.18. The number of rotatable bonds is 8. The van der Waals surface area contributed by atoms with Crippen LogP contribution in [0.4, 0.5) is 11.8 Å². The summed E-state index contributed by atoms with van der Waals surface area (Å²) in [4.78, 5) is 13.4. The lowest BCUT2D eigenvalue weighted by atomic mass is 10.3. The van der Waals surface area contributed by atoms with Gasteiger partial charge in [0.15, 0.2) is 0 Å². The number of unbranched alkanes of at least 4 members (excludes halogenated alkanes) is 1. The summed E-state index contributed by atoms with van der Waals surface area (Å²) in [5, 5.41) is 0. The summed E-state index contributed by atoms with van der Waals surface area (Å²) < 4.78 is 33.2.